The Morgan fingerprint density at radius 1 is 1.11 bits per heavy atom. The molecule has 0 N–H and O–H groups in total. The number of morpholine rings is 1. The van der Waals surface area contributed by atoms with Crippen LogP contribution in [0.25, 0.3) is 11.0 Å². The van der Waals surface area contributed by atoms with E-state index in [2.05, 4.69) is 9.88 Å². The minimum absolute atomic E-state index is 0.113. The molecular formula is C21H22N4O3. The zero-order chi connectivity index (χ0) is 18.9. The minimum atomic E-state index is -0.258. The Morgan fingerprint density at radius 3 is 2.82 bits per heavy atom. The van der Waals surface area contributed by atoms with E-state index in [-0.39, 0.29) is 12.0 Å². The predicted molar refractivity (Wildman–Crippen MR) is 104 cm³/mol. The van der Waals surface area contributed by atoms with Gasteiger partial charge >= 0.3 is 0 Å². The molecule has 7 heteroatoms. The summed E-state index contributed by atoms with van der Waals surface area (Å²) in [5, 5.41) is 0.932. The maximum Gasteiger partial charge on any atom is 0.289 e. The number of hydrogen-bond acceptors (Lipinski definition) is 6. The number of nitrogens with zero attached hydrogens (tertiary/aromatic N) is 4. The third-order valence-corrected chi connectivity index (χ3v) is 5.37. The summed E-state index contributed by atoms with van der Waals surface area (Å²) in [4.78, 5) is 26.1. The molecule has 2 aromatic heterocycles. The van der Waals surface area contributed by atoms with Gasteiger partial charge in [-0.2, -0.15) is 0 Å². The standard InChI is InChI=1S/C21H22N4O3/c26-20(18-13-15-5-1-2-6-17(15)28-18)25-11-12-27-19(14-25)16-7-8-22-21(23-16)24-9-3-4-10-24/h1-2,5-8,13,19H,3-4,9-12,14H2/t19-/m0/s1. The van der Waals surface area contributed by atoms with Crippen LogP contribution < -0.4 is 4.90 Å². The monoisotopic (exact) mass is 378 g/mol. The lowest BCUT2D eigenvalue weighted by molar-refractivity contribution is -0.0256. The van der Waals surface area contributed by atoms with E-state index in [1.54, 1.807) is 17.2 Å². The zero-order valence-corrected chi connectivity index (χ0v) is 15.6. The average molecular weight is 378 g/mol. The van der Waals surface area contributed by atoms with Crippen molar-refractivity contribution in [2.45, 2.75) is 18.9 Å². The van der Waals surface area contributed by atoms with Gasteiger partial charge in [0, 0.05) is 31.2 Å². The maximum absolute atomic E-state index is 13.0. The normalized spacial score (nSPS) is 20.1. The van der Waals surface area contributed by atoms with Crippen LogP contribution in [0.5, 0.6) is 0 Å². The number of aromatic nitrogens is 2. The number of anilines is 1. The molecule has 0 bridgehead atoms. The third kappa shape index (κ3) is 3.22. The van der Waals surface area contributed by atoms with E-state index in [0.29, 0.717) is 25.5 Å². The second kappa shape index (κ2) is 7.24. The fraction of sp³-hybridized carbons (Fsp3) is 0.381. The van der Waals surface area contributed by atoms with Crippen molar-refractivity contribution in [2.24, 2.45) is 0 Å². The van der Waals surface area contributed by atoms with Crippen LogP contribution in [0.15, 0.2) is 47.0 Å². The molecule has 28 heavy (non-hydrogen) atoms. The number of fused-ring (bicyclic) bond motifs is 1. The van der Waals surface area contributed by atoms with Gasteiger partial charge in [-0.25, -0.2) is 9.97 Å². The molecule has 0 spiro atoms. The van der Waals surface area contributed by atoms with Crippen LogP contribution >= 0.6 is 0 Å². The highest BCUT2D eigenvalue weighted by atomic mass is 16.5. The molecule has 7 nitrogen and oxygen atoms in total. The van der Waals surface area contributed by atoms with Gasteiger partial charge in [0.1, 0.15) is 11.7 Å². The number of amides is 1. The molecular weight excluding hydrogens is 356 g/mol. The highest BCUT2D eigenvalue weighted by molar-refractivity contribution is 5.96. The Hall–Kier alpha value is -2.93. The molecule has 0 radical (unpaired) electrons. The molecule has 0 saturated carbocycles. The van der Waals surface area contributed by atoms with Crippen LogP contribution in [0.2, 0.25) is 0 Å². The van der Waals surface area contributed by atoms with Crippen molar-refractivity contribution >= 4 is 22.8 Å². The summed E-state index contributed by atoms with van der Waals surface area (Å²) in [6.07, 6.45) is 3.87. The first-order chi connectivity index (χ1) is 13.8. The molecule has 2 aliphatic rings. The van der Waals surface area contributed by atoms with Crippen molar-refractivity contribution < 1.29 is 13.9 Å². The molecule has 1 aromatic carbocycles. The van der Waals surface area contributed by atoms with Gasteiger partial charge in [-0.3, -0.25) is 4.79 Å². The number of furan rings is 1. The first-order valence-electron chi connectivity index (χ1n) is 9.75. The van der Waals surface area contributed by atoms with Gasteiger partial charge in [-0.1, -0.05) is 18.2 Å². The quantitative estimate of drug-likeness (QED) is 0.698. The topological polar surface area (TPSA) is 71.7 Å². The van der Waals surface area contributed by atoms with Crippen LogP contribution in [-0.4, -0.2) is 53.6 Å². The number of carbonyl (C=O) groups is 1. The number of ether oxygens (including phenoxy) is 1. The van der Waals surface area contributed by atoms with Crippen molar-refractivity contribution in [1.29, 1.82) is 0 Å². The molecule has 1 amide bonds. The minimum Gasteiger partial charge on any atom is -0.451 e. The Balaban J connectivity index is 1.34. The second-order valence-electron chi connectivity index (χ2n) is 7.23. The van der Waals surface area contributed by atoms with E-state index in [4.69, 9.17) is 14.1 Å². The second-order valence-corrected chi connectivity index (χ2v) is 7.23. The summed E-state index contributed by atoms with van der Waals surface area (Å²) >= 11 is 0. The van der Waals surface area contributed by atoms with Crippen molar-refractivity contribution in [2.75, 3.05) is 37.7 Å². The van der Waals surface area contributed by atoms with Crippen LogP contribution in [0.4, 0.5) is 5.95 Å². The van der Waals surface area contributed by atoms with E-state index < -0.39 is 0 Å². The summed E-state index contributed by atoms with van der Waals surface area (Å²) in [6, 6.07) is 11.3. The molecule has 4 heterocycles. The predicted octanol–water partition coefficient (Wildman–Crippen LogP) is 3.04. The van der Waals surface area contributed by atoms with Gasteiger partial charge in [0.2, 0.25) is 5.95 Å². The van der Waals surface area contributed by atoms with Gasteiger partial charge in [-0.15, -0.1) is 0 Å². The van der Waals surface area contributed by atoms with Gasteiger partial charge in [0.05, 0.1) is 18.8 Å². The highest BCUT2D eigenvalue weighted by Crippen LogP contribution is 2.26. The summed E-state index contributed by atoms with van der Waals surface area (Å²) in [7, 11) is 0. The molecule has 2 saturated heterocycles. The number of para-hydroxylation sites is 1. The Labute approximate surface area is 162 Å². The molecule has 144 valence electrons. The van der Waals surface area contributed by atoms with Crippen LogP contribution in [-0.2, 0) is 4.74 Å². The lowest BCUT2D eigenvalue weighted by atomic mass is 10.2. The fourth-order valence-electron chi connectivity index (χ4n) is 3.87. The smallest absolute Gasteiger partial charge is 0.289 e. The first kappa shape index (κ1) is 17.2. The molecule has 0 unspecified atom stereocenters. The number of rotatable bonds is 3. The molecule has 3 aromatic rings. The lowest BCUT2D eigenvalue weighted by Crippen LogP contribution is -2.42. The van der Waals surface area contributed by atoms with Crippen molar-refractivity contribution in [1.82, 2.24) is 14.9 Å². The first-order valence-corrected chi connectivity index (χ1v) is 9.75. The van der Waals surface area contributed by atoms with Crippen LogP contribution in [0, 0.1) is 0 Å². The van der Waals surface area contributed by atoms with Gasteiger partial charge in [0.15, 0.2) is 5.76 Å². The van der Waals surface area contributed by atoms with E-state index in [9.17, 15) is 4.79 Å². The van der Waals surface area contributed by atoms with Crippen LogP contribution in [0.1, 0.15) is 35.2 Å². The SMILES string of the molecule is O=C(c1cc2ccccc2o1)N1CCO[C@H](c2ccnc(N3CCCC3)n2)C1. The number of benzene rings is 1. The fourth-order valence-corrected chi connectivity index (χ4v) is 3.87. The molecule has 5 rings (SSSR count). The van der Waals surface area contributed by atoms with E-state index in [1.165, 1.54) is 12.8 Å². The van der Waals surface area contributed by atoms with Crippen LogP contribution in [0.3, 0.4) is 0 Å². The zero-order valence-electron chi connectivity index (χ0n) is 15.6. The Bertz CT molecular complexity index is 963. The molecule has 2 fully saturated rings. The van der Waals surface area contributed by atoms with E-state index >= 15 is 0 Å². The summed E-state index contributed by atoms with van der Waals surface area (Å²) in [6.45, 7) is 3.44. The molecule has 2 aliphatic heterocycles. The van der Waals surface area contributed by atoms with Gasteiger partial charge < -0.3 is 19.0 Å². The Kier molecular flexibility index (Phi) is 4.44. The largest absolute Gasteiger partial charge is 0.451 e. The van der Waals surface area contributed by atoms with E-state index in [1.807, 2.05) is 30.3 Å². The lowest BCUT2D eigenvalue weighted by Gasteiger charge is -2.32. The van der Waals surface area contributed by atoms with Crippen molar-refractivity contribution in [3.63, 3.8) is 0 Å². The molecule has 0 aliphatic carbocycles. The van der Waals surface area contributed by atoms with Gasteiger partial charge in [-0.05, 0) is 31.0 Å². The highest BCUT2D eigenvalue weighted by Gasteiger charge is 2.29. The van der Waals surface area contributed by atoms with Crippen molar-refractivity contribution in [3.05, 3.63) is 54.0 Å². The number of hydrogen-bond donors (Lipinski definition) is 0. The average Bonchev–Trinajstić information content (AvgIpc) is 3.43. The third-order valence-electron chi connectivity index (χ3n) is 5.37. The van der Waals surface area contributed by atoms with E-state index in [0.717, 1.165) is 35.7 Å². The Morgan fingerprint density at radius 2 is 1.96 bits per heavy atom. The molecule has 1 atom stereocenters. The van der Waals surface area contributed by atoms with Crippen molar-refractivity contribution in [3.8, 4) is 0 Å². The summed E-state index contributed by atoms with van der Waals surface area (Å²) < 4.78 is 11.7. The van der Waals surface area contributed by atoms with Gasteiger partial charge in [0.25, 0.3) is 5.91 Å². The summed E-state index contributed by atoms with van der Waals surface area (Å²) in [5.74, 6) is 1.000. The summed E-state index contributed by atoms with van der Waals surface area (Å²) in [5.41, 5.74) is 1.54. The number of carbonyl (C=O) groups excluding carboxylic acids is 1. The maximum atomic E-state index is 13.0.